The van der Waals surface area contributed by atoms with Crippen LogP contribution >= 0.6 is 11.9 Å². The summed E-state index contributed by atoms with van der Waals surface area (Å²) in [6, 6.07) is 0.425. The summed E-state index contributed by atoms with van der Waals surface area (Å²) in [5, 5.41) is 0. The average molecular weight is 371 g/mol. The van der Waals surface area contributed by atoms with Crippen LogP contribution in [0.1, 0.15) is 33.6 Å². The van der Waals surface area contributed by atoms with Crippen LogP contribution in [0.3, 0.4) is 0 Å². The molecule has 0 aromatic rings. The number of hydrogen-bond donors (Lipinski definition) is 0. The zero-order valence-electron chi connectivity index (χ0n) is 15.7. The van der Waals surface area contributed by atoms with E-state index in [-0.39, 0.29) is 30.3 Å². The highest BCUT2D eigenvalue weighted by Crippen LogP contribution is 2.16. The highest BCUT2D eigenvalue weighted by atomic mass is 32.2. The Morgan fingerprint density at radius 2 is 1.76 bits per heavy atom. The van der Waals surface area contributed by atoms with Crippen molar-refractivity contribution < 1.29 is 14.4 Å². The molecule has 1 atom stereocenters. The van der Waals surface area contributed by atoms with Crippen LogP contribution in [0.2, 0.25) is 0 Å². The van der Waals surface area contributed by atoms with Crippen molar-refractivity contribution in [2.75, 3.05) is 45.5 Å². The fourth-order valence-electron chi connectivity index (χ4n) is 3.32. The molecular weight excluding hydrogens is 340 g/mol. The fourth-order valence-corrected chi connectivity index (χ4v) is 3.85. The fraction of sp³-hybridized carbons (Fsp3) is 0.824. The smallest absolute Gasteiger partial charge is 0.252 e. The summed E-state index contributed by atoms with van der Waals surface area (Å²) in [5.41, 5.74) is 0. The van der Waals surface area contributed by atoms with Crippen LogP contribution in [0, 0.1) is 0 Å². The van der Waals surface area contributed by atoms with Gasteiger partial charge in [0, 0.05) is 44.4 Å². The first kappa shape index (κ1) is 20.0. The molecule has 0 bridgehead atoms. The Balaban J connectivity index is 1.78. The summed E-state index contributed by atoms with van der Waals surface area (Å²) in [4.78, 5) is 42.3. The first-order chi connectivity index (χ1) is 11.8. The van der Waals surface area contributed by atoms with Gasteiger partial charge in [0.25, 0.3) is 5.91 Å². The van der Waals surface area contributed by atoms with E-state index < -0.39 is 0 Å². The normalized spacial score (nSPS) is 21.2. The molecule has 0 aliphatic carbocycles. The molecular formula is C17H30N4O3S. The maximum Gasteiger partial charge on any atom is 0.252 e. The molecule has 25 heavy (non-hydrogen) atoms. The maximum absolute atomic E-state index is 12.4. The highest BCUT2D eigenvalue weighted by Gasteiger charge is 2.30. The highest BCUT2D eigenvalue weighted by molar-refractivity contribution is 7.96. The van der Waals surface area contributed by atoms with Gasteiger partial charge in [0.15, 0.2) is 0 Å². The molecule has 2 rings (SSSR count). The number of amides is 3. The van der Waals surface area contributed by atoms with Crippen LogP contribution < -0.4 is 0 Å². The van der Waals surface area contributed by atoms with E-state index in [2.05, 4.69) is 18.7 Å². The molecule has 0 N–H and O–H groups in total. The van der Waals surface area contributed by atoms with Crippen LogP contribution in [0.25, 0.3) is 0 Å². The first-order valence-electron chi connectivity index (χ1n) is 8.99. The first-order valence-corrected chi connectivity index (χ1v) is 10.2. The third kappa shape index (κ3) is 5.10. The molecule has 0 spiro atoms. The van der Waals surface area contributed by atoms with E-state index in [1.54, 1.807) is 9.21 Å². The van der Waals surface area contributed by atoms with Gasteiger partial charge in [-0.05, 0) is 27.2 Å². The summed E-state index contributed by atoms with van der Waals surface area (Å²) in [6.07, 6.45) is 2.89. The average Bonchev–Trinajstić information content (AvgIpc) is 2.59. The van der Waals surface area contributed by atoms with E-state index in [0.717, 1.165) is 13.1 Å². The van der Waals surface area contributed by atoms with Crippen LogP contribution in [0.5, 0.6) is 0 Å². The van der Waals surface area contributed by atoms with Crippen molar-refractivity contribution in [3.8, 4) is 0 Å². The Morgan fingerprint density at radius 3 is 2.32 bits per heavy atom. The molecule has 2 aliphatic heterocycles. The van der Waals surface area contributed by atoms with Crippen molar-refractivity contribution >= 4 is 29.7 Å². The topological polar surface area (TPSA) is 64.2 Å². The number of piperazine rings is 2. The van der Waals surface area contributed by atoms with Gasteiger partial charge in [0.05, 0.1) is 13.1 Å². The quantitative estimate of drug-likeness (QED) is 0.643. The lowest BCUT2D eigenvalue weighted by Crippen LogP contribution is -2.55. The summed E-state index contributed by atoms with van der Waals surface area (Å²) in [5.74, 6) is 0.137. The lowest BCUT2D eigenvalue weighted by atomic mass is 10.1. The van der Waals surface area contributed by atoms with Gasteiger partial charge in [-0.1, -0.05) is 11.9 Å². The molecule has 8 heteroatoms. The second-order valence-corrected chi connectivity index (χ2v) is 7.84. The van der Waals surface area contributed by atoms with Crippen LogP contribution in [-0.4, -0.2) is 94.3 Å². The lowest BCUT2D eigenvalue weighted by Gasteiger charge is -2.39. The molecule has 1 unspecified atom stereocenters. The van der Waals surface area contributed by atoms with Gasteiger partial charge in [-0.15, -0.1) is 0 Å². The Labute approximate surface area is 154 Å². The number of rotatable bonds is 6. The standard InChI is InChI=1S/C17H30N4O3S/c1-13(2)18-7-9-20(16(23)11-18)14(3)5-6-15(22)19-8-10-21(25-4)17(24)12-19/h13-14H,5-12H2,1-4H3. The molecule has 0 aromatic heterocycles. The number of carbonyl (C=O) groups excluding carboxylic acids is 3. The third-order valence-electron chi connectivity index (χ3n) is 5.08. The number of hydrogen-bond acceptors (Lipinski definition) is 5. The molecule has 0 saturated carbocycles. The van der Waals surface area contributed by atoms with Crippen molar-refractivity contribution in [1.82, 2.24) is 19.0 Å². The van der Waals surface area contributed by atoms with Crippen LogP contribution in [0.15, 0.2) is 0 Å². The molecule has 7 nitrogen and oxygen atoms in total. The van der Waals surface area contributed by atoms with Gasteiger partial charge >= 0.3 is 0 Å². The third-order valence-corrected chi connectivity index (χ3v) is 5.90. The van der Waals surface area contributed by atoms with Crippen molar-refractivity contribution in [2.45, 2.75) is 45.7 Å². The molecule has 2 fully saturated rings. The molecule has 2 aliphatic rings. The lowest BCUT2D eigenvalue weighted by molar-refractivity contribution is -0.142. The summed E-state index contributed by atoms with van der Waals surface area (Å²) in [6.45, 7) is 9.60. The van der Waals surface area contributed by atoms with Crippen molar-refractivity contribution in [3.63, 3.8) is 0 Å². The number of nitrogens with zero attached hydrogens (tertiary/aromatic N) is 4. The Bertz CT molecular complexity index is 514. The number of carbonyl (C=O) groups is 3. The van der Waals surface area contributed by atoms with Crippen molar-refractivity contribution in [1.29, 1.82) is 0 Å². The van der Waals surface area contributed by atoms with Gasteiger partial charge in [-0.25, -0.2) is 0 Å². The Hall–Kier alpha value is -1.28. The second-order valence-electron chi connectivity index (χ2n) is 7.03. The molecule has 142 valence electrons. The largest absolute Gasteiger partial charge is 0.338 e. The minimum Gasteiger partial charge on any atom is -0.338 e. The van der Waals surface area contributed by atoms with E-state index >= 15 is 0 Å². The van der Waals surface area contributed by atoms with Gasteiger partial charge in [-0.2, -0.15) is 0 Å². The van der Waals surface area contributed by atoms with E-state index in [1.165, 1.54) is 11.9 Å². The van der Waals surface area contributed by atoms with Gasteiger partial charge in [0.2, 0.25) is 11.8 Å². The molecule has 0 radical (unpaired) electrons. The summed E-state index contributed by atoms with van der Waals surface area (Å²) < 4.78 is 1.69. The minimum absolute atomic E-state index is 0.00854. The van der Waals surface area contributed by atoms with Gasteiger partial charge in [-0.3, -0.25) is 23.6 Å². The summed E-state index contributed by atoms with van der Waals surface area (Å²) >= 11 is 1.40. The molecule has 3 amide bonds. The van der Waals surface area contributed by atoms with E-state index in [0.29, 0.717) is 38.5 Å². The van der Waals surface area contributed by atoms with Gasteiger partial charge < -0.3 is 9.80 Å². The molecule has 2 heterocycles. The van der Waals surface area contributed by atoms with E-state index in [9.17, 15) is 14.4 Å². The predicted molar refractivity (Wildman–Crippen MR) is 98.9 cm³/mol. The molecule has 2 saturated heterocycles. The molecule has 0 aromatic carbocycles. The zero-order valence-corrected chi connectivity index (χ0v) is 16.5. The monoisotopic (exact) mass is 370 g/mol. The SMILES string of the molecule is CSN1CCN(C(=O)CCC(C)N2CCN(C(C)C)CC2=O)CC1=O. The van der Waals surface area contributed by atoms with Crippen LogP contribution in [0.4, 0.5) is 0 Å². The Kier molecular flexibility index (Phi) is 7.13. The Morgan fingerprint density at radius 1 is 1.04 bits per heavy atom. The van der Waals surface area contributed by atoms with Crippen LogP contribution in [-0.2, 0) is 14.4 Å². The van der Waals surface area contributed by atoms with E-state index in [1.807, 2.05) is 18.1 Å². The maximum atomic E-state index is 12.4. The van der Waals surface area contributed by atoms with E-state index in [4.69, 9.17) is 0 Å². The second kappa shape index (κ2) is 8.89. The van der Waals surface area contributed by atoms with Crippen molar-refractivity contribution in [2.24, 2.45) is 0 Å². The van der Waals surface area contributed by atoms with Crippen molar-refractivity contribution in [3.05, 3.63) is 0 Å². The predicted octanol–water partition coefficient (Wildman–Crippen LogP) is 0.657. The summed E-state index contributed by atoms with van der Waals surface area (Å²) in [7, 11) is 0. The minimum atomic E-state index is -0.0138. The zero-order chi connectivity index (χ0) is 18.6. The van der Waals surface area contributed by atoms with Gasteiger partial charge in [0.1, 0.15) is 6.54 Å².